The summed E-state index contributed by atoms with van der Waals surface area (Å²) in [5.74, 6) is -2.53. The molecule has 4 rings (SSSR count). The molecule has 3 aliphatic rings. The van der Waals surface area contributed by atoms with E-state index >= 15 is 0 Å². The monoisotopic (exact) mass is 357 g/mol. The summed E-state index contributed by atoms with van der Waals surface area (Å²) in [7, 11) is 0. The number of carbonyl (C=O) groups excluding carboxylic acids is 3. The molecular weight excluding hydrogens is 334 g/mol. The number of unbranched alkanes of at least 4 members (excludes halogenated alkanes) is 1. The number of nitrogens with one attached hydrogen (secondary N) is 2. The zero-order chi connectivity index (χ0) is 18.6. The van der Waals surface area contributed by atoms with Crippen molar-refractivity contribution in [2.75, 3.05) is 11.9 Å². The number of hydrogen-bond acceptors (Lipinski definition) is 5. The van der Waals surface area contributed by atoms with E-state index in [1.165, 1.54) is 4.90 Å². The number of benzene rings is 1. The van der Waals surface area contributed by atoms with Crippen molar-refractivity contribution < 1.29 is 19.5 Å². The van der Waals surface area contributed by atoms with Crippen LogP contribution in [0.25, 0.3) is 0 Å². The first kappa shape index (κ1) is 17.2. The number of amides is 3. The SMILES string of the molecule is CCCCN1C(=O)[C@@H]2[C@@H]([C@H](C)O)N[C@]3(C(=O)Nc4ccccc43)[C@@H]2C1=O. The van der Waals surface area contributed by atoms with Gasteiger partial charge in [-0.2, -0.15) is 0 Å². The highest BCUT2D eigenvalue weighted by molar-refractivity contribution is 6.15. The molecule has 3 aliphatic heterocycles. The van der Waals surface area contributed by atoms with Gasteiger partial charge in [-0.3, -0.25) is 24.6 Å². The van der Waals surface area contributed by atoms with E-state index in [2.05, 4.69) is 10.6 Å². The van der Waals surface area contributed by atoms with Crippen molar-refractivity contribution in [3.63, 3.8) is 0 Å². The molecule has 0 aromatic heterocycles. The van der Waals surface area contributed by atoms with Crippen molar-refractivity contribution in [3.8, 4) is 0 Å². The molecule has 0 saturated carbocycles. The molecule has 3 amide bonds. The van der Waals surface area contributed by atoms with Gasteiger partial charge in [-0.25, -0.2) is 0 Å². The number of para-hydroxylation sites is 1. The van der Waals surface area contributed by atoms with Crippen LogP contribution in [0.4, 0.5) is 5.69 Å². The number of nitrogens with zero attached hydrogens (tertiary/aromatic N) is 1. The summed E-state index contributed by atoms with van der Waals surface area (Å²) in [4.78, 5) is 40.5. The zero-order valence-corrected chi connectivity index (χ0v) is 14.9. The number of aliphatic hydroxyl groups excluding tert-OH is 1. The largest absolute Gasteiger partial charge is 0.392 e. The molecule has 1 aromatic carbocycles. The lowest BCUT2D eigenvalue weighted by atomic mass is 9.76. The third-order valence-corrected chi connectivity index (χ3v) is 5.90. The minimum atomic E-state index is -1.31. The molecule has 7 nitrogen and oxygen atoms in total. The van der Waals surface area contributed by atoms with Crippen molar-refractivity contribution >= 4 is 23.4 Å². The van der Waals surface area contributed by atoms with Crippen LogP contribution in [0.5, 0.6) is 0 Å². The number of likely N-dealkylation sites (tertiary alicyclic amines) is 1. The van der Waals surface area contributed by atoms with E-state index < -0.39 is 29.5 Å². The topological polar surface area (TPSA) is 98.7 Å². The predicted molar refractivity (Wildman–Crippen MR) is 94.0 cm³/mol. The van der Waals surface area contributed by atoms with Crippen LogP contribution in [0.3, 0.4) is 0 Å². The summed E-state index contributed by atoms with van der Waals surface area (Å²) in [6.45, 7) is 3.93. The Hall–Kier alpha value is -2.25. The third kappa shape index (κ3) is 2.04. The molecule has 138 valence electrons. The van der Waals surface area contributed by atoms with Gasteiger partial charge in [0.05, 0.1) is 17.9 Å². The second kappa shape index (κ2) is 5.89. The molecule has 3 N–H and O–H groups in total. The molecule has 7 heteroatoms. The molecule has 0 aliphatic carbocycles. The first-order valence-electron chi connectivity index (χ1n) is 9.15. The van der Waals surface area contributed by atoms with Crippen LogP contribution in [0.2, 0.25) is 0 Å². The summed E-state index contributed by atoms with van der Waals surface area (Å²) in [5.41, 5.74) is 0.000255. The zero-order valence-electron chi connectivity index (χ0n) is 14.9. The van der Waals surface area contributed by atoms with Crippen molar-refractivity contribution in [2.24, 2.45) is 11.8 Å². The van der Waals surface area contributed by atoms with E-state index in [9.17, 15) is 19.5 Å². The number of aliphatic hydroxyl groups is 1. The maximum absolute atomic E-state index is 13.2. The van der Waals surface area contributed by atoms with Gasteiger partial charge in [-0.05, 0) is 19.4 Å². The van der Waals surface area contributed by atoms with Gasteiger partial charge in [-0.15, -0.1) is 0 Å². The van der Waals surface area contributed by atoms with E-state index in [-0.39, 0.29) is 17.7 Å². The van der Waals surface area contributed by atoms with Crippen molar-refractivity contribution in [1.29, 1.82) is 0 Å². The van der Waals surface area contributed by atoms with E-state index in [0.29, 0.717) is 17.8 Å². The van der Waals surface area contributed by atoms with Crippen LogP contribution in [-0.2, 0) is 19.9 Å². The molecule has 2 saturated heterocycles. The number of rotatable bonds is 4. The van der Waals surface area contributed by atoms with Crippen LogP contribution < -0.4 is 10.6 Å². The molecule has 5 atom stereocenters. The van der Waals surface area contributed by atoms with Gasteiger partial charge in [0.1, 0.15) is 5.54 Å². The number of anilines is 1. The summed E-state index contributed by atoms with van der Waals surface area (Å²) in [5, 5.41) is 16.3. The highest BCUT2D eigenvalue weighted by Crippen LogP contribution is 2.53. The normalized spacial score (nSPS) is 33.6. The Balaban J connectivity index is 1.85. The first-order chi connectivity index (χ1) is 12.4. The van der Waals surface area contributed by atoms with Crippen LogP contribution >= 0.6 is 0 Å². The fraction of sp³-hybridized carbons (Fsp3) is 0.526. The Bertz CT molecular complexity index is 793. The average molecular weight is 357 g/mol. The van der Waals surface area contributed by atoms with Gasteiger partial charge in [0.15, 0.2) is 0 Å². The molecule has 3 heterocycles. The fourth-order valence-electron chi connectivity index (χ4n) is 4.70. The van der Waals surface area contributed by atoms with E-state index in [1.54, 1.807) is 19.1 Å². The van der Waals surface area contributed by atoms with E-state index in [1.807, 2.05) is 19.1 Å². The van der Waals surface area contributed by atoms with Crippen LogP contribution in [0, 0.1) is 11.8 Å². The van der Waals surface area contributed by atoms with Gasteiger partial charge in [0.2, 0.25) is 17.7 Å². The lowest BCUT2D eigenvalue weighted by Crippen LogP contribution is -2.54. The maximum Gasteiger partial charge on any atom is 0.250 e. The molecule has 26 heavy (non-hydrogen) atoms. The molecule has 0 radical (unpaired) electrons. The molecule has 1 aromatic rings. The smallest absolute Gasteiger partial charge is 0.250 e. The second-order valence-electron chi connectivity index (χ2n) is 7.40. The Morgan fingerprint density at radius 3 is 2.65 bits per heavy atom. The Morgan fingerprint density at radius 2 is 1.96 bits per heavy atom. The Labute approximate surface area is 151 Å². The van der Waals surface area contributed by atoms with Crippen LogP contribution in [-0.4, -0.2) is 46.4 Å². The van der Waals surface area contributed by atoms with Crippen LogP contribution in [0.1, 0.15) is 32.3 Å². The van der Waals surface area contributed by atoms with Crippen LogP contribution in [0.15, 0.2) is 24.3 Å². The van der Waals surface area contributed by atoms with Gasteiger partial charge in [0.25, 0.3) is 0 Å². The number of imide groups is 1. The molecular formula is C19H23N3O4. The molecule has 1 spiro atoms. The quantitative estimate of drug-likeness (QED) is 0.685. The minimum absolute atomic E-state index is 0.291. The summed E-state index contributed by atoms with van der Waals surface area (Å²) < 4.78 is 0. The van der Waals surface area contributed by atoms with Crippen molar-refractivity contribution in [2.45, 2.75) is 44.4 Å². The highest BCUT2D eigenvalue weighted by Gasteiger charge is 2.70. The molecule has 0 unspecified atom stereocenters. The Kier molecular flexibility index (Phi) is 3.89. The number of carbonyl (C=O) groups is 3. The standard InChI is InChI=1S/C19H23N3O4/c1-3-4-9-22-16(24)13-14(17(22)25)19(21-15(13)10(2)23)11-7-5-6-8-12(11)20-18(19)26/h5-8,10,13-15,21,23H,3-4,9H2,1-2H3,(H,20,26)/t10-,13-,14-,15+,19-/m0/s1. The van der Waals surface area contributed by atoms with Crippen molar-refractivity contribution in [3.05, 3.63) is 29.8 Å². The first-order valence-corrected chi connectivity index (χ1v) is 9.15. The highest BCUT2D eigenvalue weighted by atomic mass is 16.3. The molecule has 2 fully saturated rings. The van der Waals surface area contributed by atoms with Crippen molar-refractivity contribution in [1.82, 2.24) is 10.2 Å². The van der Waals surface area contributed by atoms with Gasteiger partial charge < -0.3 is 10.4 Å². The van der Waals surface area contributed by atoms with E-state index in [0.717, 1.165) is 12.8 Å². The predicted octanol–water partition coefficient (Wildman–Crippen LogP) is 0.588. The van der Waals surface area contributed by atoms with E-state index in [4.69, 9.17) is 0 Å². The lowest BCUT2D eigenvalue weighted by molar-refractivity contribution is -0.143. The second-order valence-corrected chi connectivity index (χ2v) is 7.40. The number of fused-ring (bicyclic) bond motifs is 4. The number of hydrogen-bond donors (Lipinski definition) is 3. The maximum atomic E-state index is 13.2. The van der Waals surface area contributed by atoms with Gasteiger partial charge in [-0.1, -0.05) is 31.5 Å². The summed E-state index contributed by atoms with van der Waals surface area (Å²) >= 11 is 0. The summed E-state index contributed by atoms with van der Waals surface area (Å²) in [6, 6.07) is 6.55. The average Bonchev–Trinajstić information content (AvgIpc) is 3.20. The Morgan fingerprint density at radius 1 is 1.23 bits per heavy atom. The minimum Gasteiger partial charge on any atom is -0.392 e. The summed E-state index contributed by atoms with van der Waals surface area (Å²) in [6.07, 6.45) is 0.712. The van der Waals surface area contributed by atoms with Gasteiger partial charge >= 0.3 is 0 Å². The fourth-order valence-corrected chi connectivity index (χ4v) is 4.70. The molecule has 0 bridgehead atoms. The third-order valence-electron chi connectivity index (χ3n) is 5.90. The lowest BCUT2D eigenvalue weighted by Gasteiger charge is -2.30. The van der Waals surface area contributed by atoms with Gasteiger partial charge in [0, 0.05) is 23.8 Å².